The van der Waals surface area contributed by atoms with Crippen LogP contribution in [0.2, 0.25) is 0 Å². The van der Waals surface area contributed by atoms with E-state index in [1.54, 1.807) is 6.20 Å². The van der Waals surface area contributed by atoms with Crippen LogP contribution in [0, 0.1) is 0 Å². The van der Waals surface area contributed by atoms with Crippen LogP contribution in [-0.2, 0) is 20.0 Å². The van der Waals surface area contributed by atoms with Crippen LogP contribution in [0.4, 0.5) is 0 Å². The minimum Gasteiger partial charge on any atom is -0.353 e. The first-order chi connectivity index (χ1) is 7.86. The van der Waals surface area contributed by atoms with Gasteiger partial charge < -0.3 is 14.9 Å². The van der Waals surface area contributed by atoms with Gasteiger partial charge in [-0.25, -0.2) is 4.98 Å². The summed E-state index contributed by atoms with van der Waals surface area (Å²) in [5.74, 6) is 1.07. The van der Waals surface area contributed by atoms with Gasteiger partial charge in [0, 0.05) is 44.3 Å². The monoisotopic (exact) mass is 218 g/mol. The highest BCUT2D eigenvalue weighted by Crippen LogP contribution is 1.99. The Morgan fingerprint density at radius 1 is 1.50 bits per heavy atom. The van der Waals surface area contributed by atoms with Crippen LogP contribution in [0.15, 0.2) is 30.7 Å². The van der Waals surface area contributed by atoms with Gasteiger partial charge in [0.05, 0.1) is 0 Å². The molecule has 0 fully saturated rings. The highest BCUT2D eigenvalue weighted by atomic mass is 15.0. The molecule has 0 aliphatic heterocycles. The van der Waals surface area contributed by atoms with Crippen LogP contribution in [0.5, 0.6) is 0 Å². The largest absolute Gasteiger partial charge is 0.353 e. The third kappa shape index (κ3) is 2.97. The van der Waals surface area contributed by atoms with E-state index < -0.39 is 0 Å². The van der Waals surface area contributed by atoms with Crippen molar-refractivity contribution in [2.75, 3.05) is 6.54 Å². The topological polar surface area (TPSA) is 45.6 Å². The number of rotatable bonds is 6. The molecule has 2 rings (SSSR count). The molecule has 0 amide bonds. The summed E-state index contributed by atoms with van der Waals surface area (Å²) in [7, 11) is 2.07. The van der Waals surface area contributed by atoms with Crippen LogP contribution in [-0.4, -0.2) is 21.1 Å². The molecular weight excluding hydrogens is 200 g/mol. The van der Waals surface area contributed by atoms with E-state index in [-0.39, 0.29) is 0 Å². The number of hydrogen-bond donors (Lipinski definition) is 2. The zero-order valence-corrected chi connectivity index (χ0v) is 9.61. The van der Waals surface area contributed by atoms with Gasteiger partial charge >= 0.3 is 0 Å². The number of aromatic amines is 1. The number of nitrogens with zero attached hydrogens (tertiary/aromatic N) is 2. The van der Waals surface area contributed by atoms with Crippen molar-refractivity contribution >= 4 is 0 Å². The predicted octanol–water partition coefficient (Wildman–Crippen LogP) is 1.47. The third-order valence-corrected chi connectivity index (χ3v) is 2.68. The van der Waals surface area contributed by atoms with Gasteiger partial charge in [-0.2, -0.15) is 0 Å². The summed E-state index contributed by atoms with van der Waals surface area (Å²) in [5.41, 5.74) is 1.32. The summed E-state index contributed by atoms with van der Waals surface area (Å²) in [5, 5.41) is 3.43. The lowest BCUT2D eigenvalue weighted by Crippen LogP contribution is -2.17. The molecule has 16 heavy (non-hydrogen) atoms. The van der Waals surface area contributed by atoms with Gasteiger partial charge in [-0.05, 0) is 25.1 Å². The molecule has 0 saturated heterocycles. The van der Waals surface area contributed by atoms with E-state index in [0.717, 1.165) is 31.8 Å². The lowest BCUT2D eigenvalue weighted by Gasteiger charge is -2.05. The Balaban J connectivity index is 1.61. The van der Waals surface area contributed by atoms with Gasteiger partial charge in [0.1, 0.15) is 5.82 Å². The van der Waals surface area contributed by atoms with Gasteiger partial charge in [-0.3, -0.25) is 0 Å². The second kappa shape index (κ2) is 5.51. The first-order valence-corrected chi connectivity index (χ1v) is 5.65. The van der Waals surface area contributed by atoms with E-state index in [0.29, 0.717) is 0 Å². The fraction of sp³-hybridized carbons (Fsp3) is 0.417. The normalized spacial score (nSPS) is 10.8. The molecule has 0 aromatic carbocycles. The van der Waals surface area contributed by atoms with Gasteiger partial charge in [0.2, 0.25) is 0 Å². The number of nitrogens with one attached hydrogen (secondary N) is 2. The molecule has 0 saturated carbocycles. The lowest BCUT2D eigenvalue weighted by molar-refractivity contribution is 0.619. The number of imidazole rings is 1. The van der Waals surface area contributed by atoms with Crippen LogP contribution in [0.25, 0.3) is 0 Å². The van der Waals surface area contributed by atoms with Gasteiger partial charge in [0.15, 0.2) is 0 Å². The average molecular weight is 218 g/mol. The number of aryl methyl sites for hydroxylation is 2. The van der Waals surface area contributed by atoms with Crippen LogP contribution < -0.4 is 5.32 Å². The van der Waals surface area contributed by atoms with E-state index in [1.807, 2.05) is 6.20 Å². The zero-order chi connectivity index (χ0) is 11.2. The van der Waals surface area contributed by atoms with Gasteiger partial charge in [0.25, 0.3) is 0 Å². The fourth-order valence-corrected chi connectivity index (χ4v) is 1.71. The second-order valence-electron chi connectivity index (χ2n) is 3.93. The molecule has 0 aliphatic rings. The van der Waals surface area contributed by atoms with Crippen LogP contribution >= 0.6 is 0 Å². The first kappa shape index (κ1) is 11.0. The summed E-state index contributed by atoms with van der Waals surface area (Å²) in [6.45, 7) is 1.95. The minimum atomic E-state index is 0.932. The van der Waals surface area contributed by atoms with Crippen LogP contribution in [0.1, 0.15) is 17.9 Å². The van der Waals surface area contributed by atoms with Crippen molar-refractivity contribution in [3.63, 3.8) is 0 Å². The fourth-order valence-electron chi connectivity index (χ4n) is 1.71. The predicted molar refractivity (Wildman–Crippen MR) is 64.0 cm³/mol. The summed E-state index contributed by atoms with van der Waals surface area (Å²) >= 11 is 0. The molecule has 2 N–H and O–H groups in total. The van der Waals surface area contributed by atoms with Crippen molar-refractivity contribution in [3.8, 4) is 0 Å². The molecule has 0 spiro atoms. The smallest absolute Gasteiger partial charge is 0.106 e. The highest BCUT2D eigenvalue weighted by Gasteiger charge is 1.97. The summed E-state index contributed by atoms with van der Waals surface area (Å²) in [6, 6.07) is 4.21. The second-order valence-corrected chi connectivity index (χ2v) is 3.93. The molecule has 2 aromatic rings. The molecule has 4 nitrogen and oxygen atoms in total. The maximum Gasteiger partial charge on any atom is 0.106 e. The summed E-state index contributed by atoms with van der Waals surface area (Å²) in [6.07, 6.45) is 7.85. The number of hydrogen-bond acceptors (Lipinski definition) is 2. The molecule has 0 atom stereocenters. The van der Waals surface area contributed by atoms with Crippen molar-refractivity contribution in [3.05, 3.63) is 42.2 Å². The highest BCUT2D eigenvalue weighted by molar-refractivity contribution is 5.05. The van der Waals surface area contributed by atoms with E-state index >= 15 is 0 Å². The van der Waals surface area contributed by atoms with Crippen molar-refractivity contribution in [1.82, 2.24) is 19.9 Å². The SMILES string of the molecule is Cn1cccc1CNCCCc1ncc[nH]1. The first-order valence-electron chi connectivity index (χ1n) is 5.65. The Morgan fingerprint density at radius 3 is 3.12 bits per heavy atom. The lowest BCUT2D eigenvalue weighted by atomic mass is 10.3. The summed E-state index contributed by atoms with van der Waals surface area (Å²) in [4.78, 5) is 7.30. The van der Waals surface area contributed by atoms with Crippen molar-refractivity contribution in [2.45, 2.75) is 19.4 Å². The van der Waals surface area contributed by atoms with Crippen molar-refractivity contribution in [1.29, 1.82) is 0 Å². The summed E-state index contributed by atoms with van der Waals surface area (Å²) < 4.78 is 2.14. The quantitative estimate of drug-likeness (QED) is 0.721. The Morgan fingerprint density at radius 2 is 2.44 bits per heavy atom. The molecule has 0 aliphatic carbocycles. The molecule has 0 unspecified atom stereocenters. The van der Waals surface area contributed by atoms with Gasteiger partial charge in [-0.1, -0.05) is 0 Å². The van der Waals surface area contributed by atoms with E-state index in [4.69, 9.17) is 0 Å². The van der Waals surface area contributed by atoms with E-state index in [1.165, 1.54) is 5.69 Å². The van der Waals surface area contributed by atoms with Crippen LogP contribution in [0.3, 0.4) is 0 Å². The standard InChI is InChI=1S/C12H18N4/c1-16-9-3-4-11(16)10-13-6-2-5-12-14-7-8-15-12/h3-4,7-9,13H,2,5-6,10H2,1H3,(H,14,15). The molecule has 2 aromatic heterocycles. The zero-order valence-electron chi connectivity index (χ0n) is 9.61. The average Bonchev–Trinajstić information content (AvgIpc) is 2.90. The van der Waals surface area contributed by atoms with Gasteiger partial charge in [-0.15, -0.1) is 0 Å². The van der Waals surface area contributed by atoms with Crippen molar-refractivity contribution < 1.29 is 0 Å². The number of H-pyrrole nitrogens is 1. The molecule has 0 radical (unpaired) electrons. The molecule has 0 bridgehead atoms. The third-order valence-electron chi connectivity index (χ3n) is 2.68. The molecule has 4 heteroatoms. The Kier molecular flexibility index (Phi) is 3.77. The molecule has 2 heterocycles. The minimum absolute atomic E-state index is 0.932. The molecule has 86 valence electrons. The molecular formula is C12H18N4. The van der Waals surface area contributed by atoms with E-state index in [9.17, 15) is 0 Å². The maximum atomic E-state index is 4.19. The number of aromatic nitrogens is 3. The van der Waals surface area contributed by atoms with E-state index in [2.05, 4.69) is 45.2 Å². The Labute approximate surface area is 95.7 Å². The maximum absolute atomic E-state index is 4.19. The van der Waals surface area contributed by atoms with Crippen molar-refractivity contribution in [2.24, 2.45) is 7.05 Å². The Hall–Kier alpha value is -1.55. The Bertz CT molecular complexity index is 402.